The van der Waals surface area contributed by atoms with E-state index >= 15 is 0 Å². The minimum absolute atomic E-state index is 0. The maximum atomic E-state index is 13.1. The Bertz CT molecular complexity index is 450. The van der Waals surface area contributed by atoms with Crippen LogP contribution in [0, 0.1) is 11.6 Å². The van der Waals surface area contributed by atoms with Gasteiger partial charge in [0.25, 0.3) is 5.91 Å². The Morgan fingerprint density at radius 3 is 2.68 bits per heavy atom. The Morgan fingerprint density at radius 1 is 1.37 bits per heavy atom. The molecule has 1 atom stereocenters. The van der Waals surface area contributed by atoms with E-state index < -0.39 is 11.6 Å². The van der Waals surface area contributed by atoms with Crippen molar-refractivity contribution >= 4 is 18.3 Å². The summed E-state index contributed by atoms with van der Waals surface area (Å²) in [5.74, 6) is -2.20. The number of nitrogens with zero attached hydrogens (tertiary/aromatic N) is 1. The molecule has 1 aliphatic heterocycles. The molecule has 1 aromatic rings. The zero-order valence-corrected chi connectivity index (χ0v) is 11.5. The second-order valence-corrected chi connectivity index (χ2v) is 4.55. The monoisotopic (exact) mass is 290 g/mol. The van der Waals surface area contributed by atoms with Gasteiger partial charge in [-0.05, 0) is 37.6 Å². The van der Waals surface area contributed by atoms with Crippen molar-refractivity contribution in [3.63, 3.8) is 0 Å². The molecular formula is C13H17ClF2N2O. The van der Waals surface area contributed by atoms with Crippen molar-refractivity contribution in [2.24, 2.45) is 0 Å². The van der Waals surface area contributed by atoms with Gasteiger partial charge in [-0.3, -0.25) is 4.79 Å². The first-order valence-electron chi connectivity index (χ1n) is 6.02. The SMILES string of the molecule is CN(C(=O)c1ccc(F)c(F)c1)C1CCCNC1.Cl. The molecule has 0 aromatic heterocycles. The molecule has 1 N–H and O–H groups in total. The van der Waals surface area contributed by atoms with Crippen molar-refractivity contribution in [2.45, 2.75) is 18.9 Å². The van der Waals surface area contributed by atoms with E-state index in [4.69, 9.17) is 0 Å². The Morgan fingerprint density at radius 2 is 2.11 bits per heavy atom. The molecule has 1 aliphatic rings. The minimum atomic E-state index is -0.990. The van der Waals surface area contributed by atoms with Crippen LogP contribution in [0.3, 0.4) is 0 Å². The van der Waals surface area contributed by atoms with Crippen LogP contribution in [0.2, 0.25) is 0 Å². The quantitative estimate of drug-likeness (QED) is 0.906. The summed E-state index contributed by atoms with van der Waals surface area (Å²) in [7, 11) is 1.70. The highest BCUT2D eigenvalue weighted by molar-refractivity contribution is 5.94. The number of nitrogens with one attached hydrogen (secondary N) is 1. The summed E-state index contributed by atoms with van der Waals surface area (Å²) in [4.78, 5) is 13.7. The standard InChI is InChI=1S/C13H16F2N2O.ClH/c1-17(10-3-2-6-16-8-10)13(18)9-4-5-11(14)12(15)7-9;/h4-5,7,10,16H,2-3,6,8H2,1H3;1H. The van der Waals surface area contributed by atoms with Gasteiger partial charge in [-0.25, -0.2) is 8.78 Å². The molecule has 19 heavy (non-hydrogen) atoms. The summed E-state index contributed by atoms with van der Waals surface area (Å²) in [5, 5.41) is 3.21. The third kappa shape index (κ3) is 3.64. The van der Waals surface area contributed by atoms with Crippen LogP contribution in [-0.2, 0) is 0 Å². The molecule has 1 fully saturated rings. The summed E-state index contributed by atoms with van der Waals surface area (Å²) < 4.78 is 25.9. The lowest BCUT2D eigenvalue weighted by molar-refractivity contribution is 0.0707. The summed E-state index contributed by atoms with van der Waals surface area (Å²) in [5.41, 5.74) is 0.182. The van der Waals surface area contributed by atoms with Crippen molar-refractivity contribution < 1.29 is 13.6 Å². The molecule has 0 aliphatic carbocycles. The van der Waals surface area contributed by atoms with Crippen molar-refractivity contribution in [3.05, 3.63) is 35.4 Å². The first kappa shape index (κ1) is 15.9. The number of piperidine rings is 1. The average molecular weight is 291 g/mol. The number of hydrogen-bond donors (Lipinski definition) is 1. The number of carbonyl (C=O) groups is 1. The van der Waals surface area contributed by atoms with Crippen molar-refractivity contribution in [1.29, 1.82) is 0 Å². The molecule has 1 unspecified atom stereocenters. The number of rotatable bonds is 2. The van der Waals surface area contributed by atoms with Crippen LogP contribution in [-0.4, -0.2) is 37.0 Å². The van der Waals surface area contributed by atoms with E-state index in [0.29, 0.717) is 0 Å². The molecule has 106 valence electrons. The van der Waals surface area contributed by atoms with Gasteiger partial charge in [-0.1, -0.05) is 0 Å². The third-order valence-corrected chi connectivity index (χ3v) is 3.31. The number of likely N-dealkylation sites (N-methyl/N-ethyl adjacent to an activating group) is 1. The highest BCUT2D eigenvalue weighted by atomic mass is 35.5. The van der Waals surface area contributed by atoms with Gasteiger partial charge in [0, 0.05) is 25.2 Å². The molecule has 0 bridgehead atoms. The molecular weight excluding hydrogens is 274 g/mol. The zero-order chi connectivity index (χ0) is 13.1. The summed E-state index contributed by atoms with van der Waals surface area (Å²) in [6.07, 6.45) is 1.94. The summed E-state index contributed by atoms with van der Waals surface area (Å²) >= 11 is 0. The van der Waals surface area contributed by atoms with Crippen molar-refractivity contribution in [1.82, 2.24) is 10.2 Å². The van der Waals surface area contributed by atoms with E-state index in [-0.39, 0.29) is 29.9 Å². The fraction of sp³-hybridized carbons (Fsp3) is 0.462. The fourth-order valence-corrected chi connectivity index (χ4v) is 2.16. The van der Waals surface area contributed by atoms with E-state index in [1.165, 1.54) is 6.07 Å². The first-order valence-corrected chi connectivity index (χ1v) is 6.02. The molecule has 3 nitrogen and oxygen atoms in total. The van der Waals surface area contributed by atoms with Gasteiger partial charge in [0.15, 0.2) is 11.6 Å². The van der Waals surface area contributed by atoms with Crippen LogP contribution < -0.4 is 5.32 Å². The molecule has 6 heteroatoms. The summed E-state index contributed by atoms with van der Waals surface area (Å²) in [6, 6.07) is 3.35. The zero-order valence-electron chi connectivity index (χ0n) is 10.7. The number of carbonyl (C=O) groups excluding carboxylic acids is 1. The van der Waals surface area contributed by atoms with E-state index in [1.807, 2.05) is 0 Å². The molecule has 0 spiro atoms. The second kappa shape index (κ2) is 6.82. The van der Waals surface area contributed by atoms with Gasteiger partial charge in [-0.2, -0.15) is 0 Å². The smallest absolute Gasteiger partial charge is 0.253 e. The lowest BCUT2D eigenvalue weighted by atomic mass is 10.1. The van der Waals surface area contributed by atoms with E-state index in [9.17, 15) is 13.6 Å². The van der Waals surface area contributed by atoms with E-state index in [0.717, 1.165) is 38.1 Å². The Balaban J connectivity index is 0.00000180. The van der Waals surface area contributed by atoms with E-state index in [2.05, 4.69) is 5.32 Å². The number of halogens is 3. The first-order chi connectivity index (χ1) is 8.59. The minimum Gasteiger partial charge on any atom is -0.337 e. The van der Waals surface area contributed by atoms with Gasteiger partial charge >= 0.3 is 0 Å². The van der Waals surface area contributed by atoms with Gasteiger partial charge in [0.05, 0.1) is 0 Å². The average Bonchev–Trinajstić information content (AvgIpc) is 2.41. The Labute approximate surface area is 117 Å². The number of benzene rings is 1. The molecule has 0 radical (unpaired) electrons. The normalized spacial score (nSPS) is 18.6. The number of amides is 1. The molecule has 1 saturated heterocycles. The second-order valence-electron chi connectivity index (χ2n) is 4.55. The maximum absolute atomic E-state index is 13.1. The topological polar surface area (TPSA) is 32.3 Å². The largest absolute Gasteiger partial charge is 0.337 e. The predicted octanol–water partition coefficient (Wildman–Crippen LogP) is 2.21. The molecule has 2 rings (SSSR count). The van der Waals surface area contributed by atoms with Gasteiger partial charge < -0.3 is 10.2 Å². The van der Waals surface area contributed by atoms with Crippen LogP contribution in [0.25, 0.3) is 0 Å². The lowest BCUT2D eigenvalue weighted by Gasteiger charge is -2.31. The van der Waals surface area contributed by atoms with Crippen LogP contribution in [0.4, 0.5) is 8.78 Å². The van der Waals surface area contributed by atoms with Gasteiger partial charge in [0.2, 0.25) is 0 Å². The molecule has 1 amide bonds. The Hall–Kier alpha value is -1.20. The van der Waals surface area contributed by atoms with Crippen LogP contribution in [0.5, 0.6) is 0 Å². The van der Waals surface area contributed by atoms with Crippen LogP contribution in [0.15, 0.2) is 18.2 Å². The third-order valence-electron chi connectivity index (χ3n) is 3.31. The van der Waals surface area contributed by atoms with Crippen molar-refractivity contribution in [2.75, 3.05) is 20.1 Å². The predicted molar refractivity (Wildman–Crippen MR) is 71.6 cm³/mol. The highest BCUT2D eigenvalue weighted by Gasteiger charge is 2.23. The van der Waals surface area contributed by atoms with Gasteiger partial charge in [-0.15, -0.1) is 12.4 Å². The highest BCUT2D eigenvalue weighted by Crippen LogP contribution is 2.14. The van der Waals surface area contributed by atoms with Crippen molar-refractivity contribution in [3.8, 4) is 0 Å². The van der Waals surface area contributed by atoms with Crippen LogP contribution >= 0.6 is 12.4 Å². The molecule has 1 aromatic carbocycles. The Kier molecular flexibility index (Phi) is 5.69. The summed E-state index contributed by atoms with van der Waals surface area (Å²) in [6.45, 7) is 1.70. The fourth-order valence-electron chi connectivity index (χ4n) is 2.16. The lowest BCUT2D eigenvalue weighted by Crippen LogP contribution is -2.46. The van der Waals surface area contributed by atoms with E-state index in [1.54, 1.807) is 11.9 Å². The number of hydrogen-bond acceptors (Lipinski definition) is 2. The molecule has 1 heterocycles. The van der Waals surface area contributed by atoms with Gasteiger partial charge in [0.1, 0.15) is 0 Å². The molecule has 0 saturated carbocycles. The van der Waals surface area contributed by atoms with Crippen LogP contribution in [0.1, 0.15) is 23.2 Å². The maximum Gasteiger partial charge on any atom is 0.253 e.